The highest BCUT2D eigenvalue weighted by Gasteiger charge is 2.01. The Kier molecular flexibility index (Phi) is 7.48. The van der Waals surface area contributed by atoms with Gasteiger partial charge in [0.2, 0.25) is 5.56 Å². The molecule has 0 amide bonds. The second-order valence-electron chi connectivity index (χ2n) is 5.48. The van der Waals surface area contributed by atoms with Crippen LogP contribution in [0.5, 0.6) is 0 Å². The summed E-state index contributed by atoms with van der Waals surface area (Å²) in [5.74, 6) is 0.806. The third-order valence-corrected chi connectivity index (χ3v) is 4.51. The molecule has 0 aliphatic carbocycles. The highest BCUT2D eigenvalue weighted by Crippen LogP contribution is 2.10. The van der Waals surface area contributed by atoms with E-state index in [-0.39, 0.29) is 5.56 Å². The lowest BCUT2D eigenvalue weighted by Crippen LogP contribution is -2.38. The third-order valence-electron chi connectivity index (χ3n) is 3.54. The Morgan fingerprint density at radius 2 is 2.12 bits per heavy atom. The topological polar surface area (TPSA) is 71.3 Å². The molecule has 0 saturated heterocycles. The first-order chi connectivity index (χ1) is 11.7. The monoisotopic (exact) mass is 347 g/mol. The first kappa shape index (κ1) is 18.2. The van der Waals surface area contributed by atoms with Gasteiger partial charge in [0.25, 0.3) is 0 Å². The summed E-state index contributed by atoms with van der Waals surface area (Å²) >= 11 is 1.73. The largest absolute Gasteiger partial charge is 0.356 e. The number of aryl methyl sites for hydroxylation is 2. The normalized spacial score (nSPS) is 11.5. The lowest BCUT2D eigenvalue weighted by atomic mass is 10.3. The van der Waals surface area contributed by atoms with Crippen molar-refractivity contribution in [2.75, 3.05) is 20.1 Å². The second kappa shape index (κ2) is 9.87. The van der Waals surface area contributed by atoms with Crippen molar-refractivity contribution in [2.24, 2.45) is 4.99 Å². The average Bonchev–Trinajstić information content (AvgIpc) is 3.00. The molecule has 2 aromatic heterocycles. The van der Waals surface area contributed by atoms with Crippen molar-refractivity contribution in [3.05, 3.63) is 50.8 Å². The summed E-state index contributed by atoms with van der Waals surface area (Å²) in [7, 11) is 1.77. The van der Waals surface area contributed by atoms with E-state index in [0.717, 1.165) is 49.9 Å². The van der Waals surface area contributed by atoms with Gasteiger partial charge in [0.1, 0.15) is 0 Å². The maximum absolute atomic E-state index is 11.6. The third kappa shape index (κ3) is 6.16. The van der Waals surface area contributed by atoms with Gasteiger partial charge in [-0.1, -0.05) is 6.07 Å². The standard InChI is InChI=1S/C17H25N5OS/c1-14-13-21-15(24-14)8-10-20-17(18-2)19-9-4-6-12-22-11-5-3-7-16(22)23/h3,5,7,11,13H,4,6,8-10,12H2,1-2H3,(H2,18,19,20). The van der Waals surface area contributed by atoms with E-state index in [1.54, 1.807) is 35.1 Å². The zero-order valence-electron chi connectivity index (χ0n) is 14.3. The molecular weight excluding hydrogens is 322 g/mol. The number of guanidine groups is 1. The van der Waals surface area contributed by atoms with Crippen LogP contribution in [0.25, 0.3) is 0 Å². The number of nitrogens with zero attached hydrogens (tertiary/aromatic N) is 3. The maximum atomic E-state index is 11.6. The minimum atomic E-state index is 0.0559. The Balaban J connectivity index is 1.59. The number of hydrogen-bond acceptors (Lipinski definition) is 4. The number of hydrogen-bond donors (Lipinski definition) is 2. The number of aromatic nitrogens is 2. The lowest BCUT2D eigenvalue weighted by molar-refractivity contribution is 0.585. The molecule has 2 aromatic rings. The van der Waals surface area contributed by atoms with Crippen LogP contribution < -0.4 is 16.2 Å². The molecule has 130 valence electrons. The van der Waals surface area contributed by atoms with Gasteiger partial charge in [0.15, 0.2) is 5.96 Å². The molecule has 0 aliphatic rings. The van der Waals surface area contributed by atoms with E-state index in [9.17, 15) is 4.79 Å². The van der Waals surface area contributed by atoms with Gasteiger partial charge in [-0.3, -0.25) is 9.79 Å². The lowest BCUT2D eigenvalue weighted by Gasteiger charge is -2.11. The molecule has 0 atom stereocenters. The molecule has 0 unspecified atom stereocenters. The number of pyridine rings is 1. The number of thiazole rings is 1. The summed E-state index contributed by atoms with van der Waals surface area (Å²) in [6, 6.07) is 5.24. The van der Waals surface area contributed by atoms with Crippen LogP contribution in [0.3, 0.4) is 0 Å². The fraction of sp³-hybridized carbons (Fsp3) is 0.471. The first-order valence-electron chi connectivity index (χ1n) is 8.20. The van der Waals surface area contributed by atoms with Crippen molar-refractivity contribution >= 4 is 17.3 Å². The van der Waals surface area contributed by atoms with E-state index in [1.165, 1.54) is 4.88 Å². The molecule has 6 nitrogen and oxygen atoms in total. The van der Waals surface area contributed by atoms with Crippen LogP contribution in [0.1, 0.15) is 22.7 Å². The quantitative estimate of drug-likeness (QED) is 0.434. The van der Waals surface area contributed by atoms with Crippen molar-refractivity contribution < 1.29 is 0 Å². The van der Waals surface area contributed by atoms with Gasteiger partial charge in [-0.25, -0.2) is 4.98 Å². The molecular formula is C17H25N5OS. The summed E-state index contributed by atoms with van der Waals surface area (Å²) in [6.07, 6.45) is 6.57. The Bertz CT molecular complexity index is 707. The fourth-order valence-corrected chi connectivity index (χ4v) is 3.07. The molecule has 0 fully saturated rings. The van der Waals surface area contributed by atoms with Crippen molar-refractivity contribution in [3.63, 3.8) is 0 Å². The van der Waals surface area contributed by atoms with Crippen LogP contribution in [0, 0.1) is 6.92 Å². The van der Waals surface area contributed by atoms with Crippen molar-refractivity contribution in [1.82, 2.24) is 20.2 Å². The zero-order valence-corrected chi connectivity index (χ0v) is 15.1. The summed E-state index contributed by atoms with van der Waals surface area (Å²) < 4.78 is 1.74. The van der Waals surface area contributed by atoms with Gasteiger partial charge in [0, 0.05) is 56.4 Å². The van der Waals surface area contributed by atoms with Crippen LogP contribution >= 0.6 is 11.3 Å². The van der Waals surface area contributed by atoms with E-state index in [0.29, 0.717) is 0 Å². The van der Waals surface area contributed by atoms with E-state index < -0.39 is 0 Å². The van der Waals surface area contributed by atoms with Crippen molar-refractivity contribution in [3.8, 4) is 0 Å². The fourth-order valence-electron chi connectivity index (χ4n) is 2.28. The predicted octanol–water partition coefficient (Wildman–Crippen LogP) is 1.80. The average molecular weight is 347 g/mol. The second-order valence-corrected chi connectivity index (χ2v) is 6.80. The van der Waals surface area contributed by atoms with Gasteiger partial charge in [-0.15, -0.1) is 11.3 Å². The van der Waals surface area contributed by atoms with Crippen LogP contribution in [-0.4, -0.2) is 35.6 Å². The first-order valence-corrected chi connectivity index (χ1v) is 9.02. The summed E-state index contributed by atoms with van der Waals surface area (Å²) in [5, 5.41) is 7.73. The van der Waals surface area contributed by atoms with E-state index in [4.69, 9.17) is 0 Å². The van der Waals surface area contributed by atoms with Crippen molar-refractivity contribution in [1.29, 1.82) is 0 Å². The van der Waals surface area contributed by atoms with E-state index in [2.05, 4.69) is 27.5 Å². The van der Waals surface area contributed by atoms with Gasteiger partial charge in [0.05, 0.1) is 5.01 Å². The van der Waals surface area contributed by atoms with Crippen LogP contribution in [0.4, 0.5) is 0 Å². The van der Waals surface area contributed by atoms with Crippen LogP contribution in [0.2, 0.25) is 0 Å². The molecule has 2 rings (SSSR count). The number of aliphatic imine (C=N–C) groups is 1. The molecule has 24 heavy (non-hydrogen) atoms. The molecule has 0 saturated carbocycles. The van der Waals surface area contributed by atoms with E-state index in [1.807, 2.05) is 18.5 Å². The van der Waals surface area contributed by atoms with Crippen LogP contribution in [-0.2, 0) is 13.0 Å². The van der Waals surface area contributed by atoms with E-state index >= 15 is 0 Å². The summed E-state index contributed by atoms with van der Waals surface area (Å²) in [4.78, 5) is 21.4. The number of unbranched alkanes of at least 4 members (excludes halogenated alkanes) is 1. The smallest absolute Gasteiger partial charge is 0.250 e. The van der Waals surface area contributed by atoms with Gasteiger partial charge >= 0.3 is 0 Å². The SMILES string of the molecule is CN=C(NCCCCn1ccccc1=O)NCCc1ncc(C)s1. The summed E-state index contributed by atoms with van der Waals surface area (Å²) in [6.45, 7) is 4.46. The number of rotatable bonds is 8. The Hall–Kier alpha value is -2.15. The highest BCUT2D eigenvalue weighted by molar-refractivity contribution is 7.11. The van der Waals surface area contributed by atoms with Crippen LogP contribution in [0.15, 0.2) is 40.4 Å². The molecule has 0 aliphatic heterocycles. The molecule has 0 bridgehead atoms. The minimum absolute atomic E-state index is 0.0559. The van der Waals surface area contributed by atoms with Gasteiger partial charge in [-0.05, 0) is 25.8 Å². The summed E-state index contributed by atoms with van der Waals surface area (Å²) in [5.41, 5.74) is 0.0559. The Labute approximate surface area is 146 Å². The molecule has 0 radical (unpaired) electrons. The van der Waals surface area contributed by atoms with Gasteiger partial charge in [-0.2, -0.15) is 0 Å². The van der Waals surface area contributed by atoms with Gasteiger partial charge < -0.3 is 15.2 Å². The molecule has 0 spiro atoms. The Morgan fingerprint density at radius 1 is 1.29 bits per heavy atom. The molecule has 2 heterocycles. The molecule has 2 N–H and O–H groups in total. The number of nitrogens with one attached hydrogen (secondary N) is 2. The predicted molar refractivity (Wildman–Crippen MR) is 99.9 cm³/mol. The maximum Gasteiger partial charge on any atom is 0.250 e. The minimum Gasteiger partial charge on any atom is -0.356 e. The zero-order chi connectivity index (χ0) is 17.2. The molecule has 7 heteroatoms. The van der Waals surface area contributed by atoms with Crippen molar-refractivity contribution in [2.45, 2.75) is 32.7 Å². The highest BCUT2D eigenvalue weighted by atomic mass is 32.1. The Morgan fingerprint density at radius 3 is 2.83 bits per heavy atom. The molecule has 0 aromatic carbocycles.